The summed E-state index contributed by atoms with van der Waals surface area (Å²) in [5.74, 6) is 0.663. The van der Waals surface area contributed by atoms with Crippen molar-refractivity contribution in [2.75, 3.05) is 0 Å². The summed E-state index contributed by atoms with van der Waals surface area (Å²) < 4.78 is 1.82. The van der Waals surface area contributed by atoms with E-state index in [1.807, 2.05) is 22.9 Å². The molecular weight excluding hydrogens is 292 g/mol. The van der Waals surface area contributed by atoms with Gasteiger partial charge < -0.3 is 10.4 Å². The average Bonchev–Trinajstić information content (AvgIpc) is 3.08. The average molecular weight is 314 g/mol. The zero-order valence-electron chi connectivity index (χ0n) is 13.1. The van der Waals surface area contributed by atoms with Gasteiger partial charge in [-0.2, -0.15) is 0 Å². The monoisotopic (exact) mass is 314 g/mol. The molecule has 122 valence electrons. The zero-order chi connectivity index (χ0) is 16.1. The van der Waals surface area contributed by atoms with E-state index in [1.165, 1.54) is 0 Å². The Kier molecular flexibility index (Phi) is 4.71. The molecular formula is C17H22N4O2. The molecule has 3 rings (SSSR count). The predicted octanol–water partition coefficient (Wildman–Crippen LogP) is 1.97. The number of carbonyl (C=O) groups is 1. The van der Waals surface area contributed by atoms with Crippen molar-refractivity contribution in [2.45, 2.75) is 50.7 Å². The Hall–Kier alpha value is -2.21. The van der Waals surface area contributed by atoms with Crippen molar-refractivity contribution in [3.63, 3.8) is 0 Å². The standard InChI is InChI=1S/C17H22N4O2/c22-16(11-17(23)5-2-1-3-6-17)20-12-14-4-7-19-15(10-14)21-9-8-18-13-21/h4,7-10,13,23H,1-3,5-6,11-12H2,(H,20,22). The van der Waals surface area contributed by atoms with Crippen LogP contribution in [0.1, 0.15) is 44.1 Å². The second-order valence-electron chi connectivity index (χ2n) is 6.23. The van der Waals surface area contributed by atoms with Crippen molar-refractivity contribution in [1.82, 2.24) is 19.9 Å². The lowest BCUT2D eigenvalue weighted by molar-refractivity contribution is -0.127. The molecule has 0 unspecified atom stereocenters. The predicted molar refractivity (Wildman–Crippen MR) is 85.9 cm³/mol. The number of amides is 1. The molecule has 2 aromatic heterocycles. The van der Waals surface area contributed by atoms with Gasteiger partial charge in [-0.05, 0) is 30.5 Å². The highest BCUT2D eigenvalue weighted by Gasteiger charge is 2.31. The minimum absolute atomic E-state index is 0.101. The summed E-state index contributed by atoms with van der Waals surface area (Å²) >= 11 is 0. The molecule has 6 heteroatoms. The third kappa shape index (κ3) is 4.16. The highest BCUT2D eigenvalue weighted by molar-refractivity contribution is 5.77. The number of aromatic nitrogens is 3. The van der Waals surface area contributed by atoms with E-state index in [-0.39, 0.29) is 12.3 Å². The van der Waals surface area contributed by atoms with Gasteiger partial charge in [0.15, 0.2) is 0 Å². The Bertz CT molecular complexity index is 648. The molecule has 1 aliphatic rings. The van der Waals surface area contributed by atoms with E-state index in [9.17, 15) is 9.90 Å². The van der Waals surface area contributed by atoms with E-state index in [4.69, 9.17) is 0 Å². The van der Waals surface area contributed by atoms with Crippen molar-refractivity contribution in [3.05, 3.63) is 42.6 Å². The van der Waals surface area contributed by atoms with E-state index in [1.54, 1.807) is 18.7 Å². The van der Waals surface area contributed by atoms with Crippen LogP contribution in [0.2, 0.25) is 0 Å². The van der Waals surface area contributed by atoms with Crippen molar-refractivity contribution in [2.24, 2.45) is 0 Å². The van der Waals surface area contributed by atoms with Crippen LogP contribution in [0.3, 0.4) is 0 Å². The molecule has 2 N–H and O–H groups in total. The molecule has 0 atom stereocenters. The molecule has 0 aliphatic heterocycles. The Labute approximate surface area is 135 Å². The molecule has 0 spiro atoms. The molecule has 2 aromatic rings. The van der Waals surface area contributed by atoms with Crippen molar-refractivity contribution < 1.29 is 9.90 Å². The van der Waals surface area contributed by atoms with Crippen LogP contribution in [0.4, 0.5) is 0 Å². The third-order valence-corrected chi connectivity index (χ3v) is 4.34. The van der Waals surface area contributed by atoms with Crippen LogP contribution in [-0.2, 0) is 11.3 Å². The first-order valence-corrected chi connectivity index (χ1v) is 8.07. The summed E-state index contributed by atoms with van der Waals surface area (Å²) in [6.07, 6.45) is 11.7. The Morgan fingerprint density at radius 3 is 2.87 bits per heavy atom. The quantitative estimate of drug-likeness (QED) is 0.884. The van der Waals surface area contributed by atoms with Gasteiger partial charge in [-0.3, -0.25) is 9.36 Å². The van der Waals surface area contributed by atoms with E-state index < -0.39 is 5.60 Å². The van der Waals surface area contributed by atoms with Crippen molar-refractivity contribution in [1.29, 1.82) is 0 Å². The Morgan fingerprint density at radius 2 is 2.13 bits per heavy atom. The molecule has 1 fully saturated rings. The summed E-state index contributed by atoms with van der Waals surface area (Å²) in [5, 5.41) is 13.3. The molecule has 23 heavy (non-hydrogen) atoms. The molecule has 2 heterocycles. The van der Waals surface area contributed by atoms with Gasteiger partial charge in [0, 0.05) is 25.1 Å². The first-order chi connectivity index (χ1) is 11.1. The van der Waals surface area contributed by atoms with E-state index >= 15 is 0 Å². The maximum Gasteiger partial charge on any atom is 0.223 e. The van der Waals surface area contributed by atoms with Gasteiger partial charge in [0.2, 0.25) is 5.91 Å². The van der Waals surface area contributed by atoms with E-state index in [2.05, 4.69) is 15.3 Å². The van der Waals surface area contributed by atoms with Gasteiger partial charge in [0.05, 0.1) is 12.0 Å². The van der Waals surface area contributed by atoms with Gasteiger partial charge >= 0.3 is 0 Å². The lowest BCUT2D eigenvalue weighted by Crippen LogP contribution is -2.38. The highest BCUT2D eigenvalue weighted by Crippen LogP contribution is 2.30. The topological polar surface area (TPSA) is 80.0 Å². The van der Waals surface area contributed by atoms with E-state index in [0.717, 1.165) is 43.5 Å². The smallest absolute Gasteiger partial charge is 0.223 e. The van der Waals surface area contributed by atoms with E-state index in [0.29, 0.717) is 6.54 Å². The Balaban J connectivity index is 1.56. The lowest BCUT2D eigenvalue weighted by Gasteiger charge is -2.31. The van der Waals surface area contributed by atoms with Crippen LogP contribution in [0.25, 0.3) is 5.82 Å². The van der Waals surface area contributed by atoms with Crippen molar-refractivity contribution in [3.8, 4) is 5.82 Å². The van der Waals surface area contributed by atoms with Crippen LogP contribution in [0.5, 0.6) is 0 Å². The molecule has 0 bridgehead atoms. The second-order valence-corrected chi connectivity index (χ2v) is 6.23. The van der Waals surface area contributed by atoms with Crippen LogP contribution in [0, 0.1) is 0 Å². The number of pyridine rings is 1. The minimum Gasteiger partial charge on any atom is -0.389 e. The highest BCUT2D eigenvalue weighted by atomic mass is 16.3. The van der Waals surface area contributed by atoms with Crippen LogP contribution in [-0.4, -0.2) is 31.1 Å². The van der Waals surface area contributed by atoms with Gasteiger partial charge in [-0.25, -0.2) is 9.97 Å². The van der Waals surface area contributed by atoms with Crippen LogP contribution >= 0.6 is 0 Å². The summed E-state index contributed by atoms with van der Waals surface area (Å²) in [6, 6.07) is 3.79. The molecule has 1 amide bonds. The Morgan fingerprint density at radius 1 is 1.30 bits per heavy atom. The van der Waals surface area contributed by atoms with Gasteiger partial charge in [-0.15, -0.1) is 0 Å². The normalized spacial score (nSPS) is 16.9. The molecule has 0 radical (unpaired) electrons. The first kappa shape index (κ1) is 15.7. The third-order valence-electron chi connectivity index (χ3n) is 4.34. The molecule has 0 saturated heterocycles. The molecule has 1 saturated carbocycles. The molecule has 1 aliphatic carbocycles. The summed E-state index contributed by atoms with van der Waals surface area (Å²) in [6.45, 7) is 0.430. The SMILES string of the molecule is O=C(CC1(O)CCCCC1)NCc1ccnc(-n2ccnc2)c1. The van der Waals surface area contributed by atoms with Crippen molar-refractivity contribution >= 4 is 5.91 Å². The summed E-state index contributed by atoms with van der Waals surface area (Å²) in [5.41, 5.74) is 0.149. The summed E-state index contributed by atoms with van der Waals surface area (Å²) in [4.78, 5) is 20.4. The number of aliphatic hydroxyl groups is 1. The van der Waals surface area contributed by atoms with Crippen LogP contribution in [0.15, 0.2) is 37.1 Å². The lowest BCUT2D eigenvalue weighted by atomic mass is 9.82. The second kappa shape index (κ2) is 6.91. The number of nitrogens with one attached hydrogen (secondary N) is 1. The number of rotatable bonds is 5. The zero-order valence-corrected chi connectivity index (χ0v) is 13.1. The summed E-state index contributed by atoms with van der Waals surface area (Å²) in [7, 11) is 0. The van der Waals surface area contributed by atoms with Crippen LogP contribution < -0.4 is 5.32 Å². The number of nitrogens with zero attached hydrogens (tertiary/aromatic N) is 3. The number of hydrogen-bond acceptors (Lipinski definition) is 4. The fraction of sp³-hybridized carbons (Fsp3) is 0.471. The first-order valence-electron chi connectivity index (χ1n) is 8.07. The largest absolute Gasteiger partial charge is 0.389 e. The molecule has 6 nitrogen and oxygen atoms in total. The fourth-order valence-corrected chi connectivity index (χ4v) is 3.06. The fourth-order valence-electron chi connectivity index (χ4n) is 3.06. The van der Waals surface area contributed by atoms with Gasteiger partial charge in [0.25, 0.3) is 0 Å². The minimum atomic E-state index is -0.817. The van der Waals surface area contributed by atoms with Gasteiger partial charge in [-0.1, -0.05) is 19.3 Å². The number of carbonyl (C=O) groups excluding carboxylic acids is 1. The maximum atomic E-state index is 12.1. The number of hydrogen-bond donors (Lipinski definition) is 2. The molecule has 0 aromatic carbocycles. The maximum absolute atomic E-state index is 12.1. The van der Waals surface area contributed by atoms with Gasteiger partial charge in [0.1, 0.15) is 12.1 Å². The number of imidazole rings is 1.